The molecule has 0 saturated heterocycles. The van der Waals surface area contributed by atoms with Crippen LogP contribution >= 0.6 is 22.6 Å². The van der Waals surface area contributed by atoms with Gasteiger partial charge in [0.15, 0.2) is 6.79 Å². The van der Waals surface area contributed by atoms with E-state index in [0.717, 1.165) is 0 Å². The van der Waals surface area contributed by atoms with Gasteiger partial charge in [0.25, 0.3) is 0 Å². The summed E-state index contributed by atoms with van der Waals surface area (Å²) in [6.45, 7) is 2.41. The summed E-state index contributed by atoms with van der Waals surface area (Å²) in [6.07, 6.45) is 3.62. The first-order chi connectivity index (χ1) is 10.1. The average Bonchev–Trinajstić information content (AvgIpc) is 2.48. The van der Waals surface area contributed by atoms with Crippen molar-refractivity contribution in [2.24, 2.45) is 0 Å². The number of amides is 1. The summed E-state index contributed by atoms with van der Waals surface area (Å²) in [6, 6.07) is 4.55. The molecule has 4 nitrogen and oxygen atoms in total. The molecular weight excluding hydrogens is 477 g/mol. The number of benzene rings is 1. The molecule has 2 rings (SSSR count). The number of methoxy groups -OCH3 is 1. The second-order valence-corrected chi connectivity index (χ2v) is 5.98. The van der Waals surface area contributed by atoms with Crippen molar-refractivity contribution in [3.8, 4) is 5.75 Å². The van der Waals surface area contributed by atoms with Gasteiger partial charge in [-0.15, -0.1) is 17.3 Å². The van der Waals surface area contributed by atoms with Gasteiger partial charge in [-0.05, 0) is 19.1 Å². The number of hydrogen-bond donors (Lipinski definition) is 0. The van der Waals surface area contributed by atoms with Gasteiger partial charge in [0.1, 0.15) is 5.75 Å². The van der Waals surface area contributed by atoms with Crippen molar-refractivity contribution in [1.29, 1.82) is 0 Å². The Labute approximate surface area is 168 Å². The molecule has 0 aliphatic carbocycles. The molecule has 0 bridgehead atoms. The molecule has 1 aromatic rings. The normalized spacial score (nSPS) is 17.8. The maximum absolute atomic E-state index is 14.3. The van der Waals surface area contributed by atoms with Crippen molar-refractivity contribution in [2.45, 2.75) is 17.3 Å². The van der Waals surface area contributed by atoms with E-state index < -0.39 is 5.82 Å². The third-order valence-electron chi connectivity index (χ3n) is 3.11. The van der Waals surface area contributed by atoms with E-state index >= 15 is 0 Å². The Bertz CT molecular complexity index is 568. The van der Waals surface area contributed by atoms with Gasteiger partial charge in [0, 0.05) is 46.4 Å². The zero-order valence-electron chi connectivity index (χ0n) is 12.4. The van der Waals surface area contributed by atoms with Crippen molar-refractivity contribution < 1.29 is 51.4 Å². The van der Waals surface area contributed by atoms with Crippen molar-refractivity contribution in [3.63, 3.8) is 0 Å². The van der Waals surface area contributed by atoms with Crippen molar-refractivity contribution in [3.05, 3.63) is 35.7 Å². The second-order valence-electron chi connectivity index (χ2n) is 4.47. The molecule has 0 aromatic heterocycles. The average molecular weight is 493 g/mol. The minimum absolute atomic E-state index is 0. The van der Waals surface area contributed by atoms with Gasteiger partial charge >= 0.3 is 0 Å². The summed E-state index contributed by atoms with van der Waals surface area (Å²) in [5, 5.41) is 0. The van der Waals surface area contributed by atoms with Crippen LogP contribution in [0.3, 0.4) is 0 Å². The van der Waals surface area contributed by atoms with Gasteiger partial charge in [-0.1, -0.05) is 29.0 Å². The largest absolute Gasteiger partial charge is 0.468 e. The molecule has 22 heavy (non-hydrogen) atoms. The summed E-state index contributed by atoms with van der Waals surface area (Å²) in [7, 11) is 1.50. The molecule has 1 heterocycles. The summed E-state index contributed by atoms with van der Waals surface area (Å²) in [5.41, 5.74) is 0.865. The maximum Gasteiger partial charge on any atom is 0.235 e. The zero-order valence-corrected chi connectivity index (χ0v) is 17.4. The third kappa shape index (κ3) is 4.49. The number of rotatable bonds is 5. The molecule has 1 aliphatic rings. The number of nitrogens with zero attached hydrogens (tertiary/aromatic N) is 1. The smallest absolute Gasteiger partial charge is 0.235 e. The molecule has 0 spiro atoms. The number of carbonyl (C=O) groups is 1. The first-order valence-electron chi connectivity index (χ1n) is 6.56. The molecule has 1 unspecified atom stereocenters. The standard InChI is InChI=1S/C15H16FINO3.Y/c1-3-18-14(7-6-13(17)15(18)19)11-5-4-10(8-12(11)16)21-9-20-2;/h4-5,8,13H,3,6,9H2,1-2H3;/q-1;. The van der Waals surface area contributed by atoms with Crippen LogP contribution in [0, 0.1) is 11.9 Å². The molecule has 1 aromatic carbocycles. The van der Waals surface area contributed by atoms with Crippen molar-refractivity contribution >= 4 is 34.2 Å². The number of alkyl halides is 1. The molecule has 1 amide bonds. The number of halogens is 2. The second kappa shape index (κ2) is 9.30. The summed E-state index contributed by atoms with van der Waals surface area (Å²) in [5.74, 6) is -0.0640. The molecule has 0 fully saturated rings. The van der Waals surface area contributed by atoms with Gasteiger partial charge in [-0.2, -0.15) is 0 Å². The summed E-state index contributed by atoms with van der Waals surface area (Å²) < 4.78 is 24.1. The van der Waals surface area contributed by atoms with E-state index in [2.05, 4.69) is 28.7 Å². The van der Waals surface area contributed by atoms with Crippen LogP contribution in [0.15, 0.2) is 18.2 Å². The van der Waals surface area contributed by atoms with E-state index in [-0.39, 0.29) is 49.3 Å². The molecule has 0 saturated carbocycles. The Morgan fingerprint density at radius 3 is 2.82 bits per heavy atom. The van der Waals surface area contributed by atoms with Crippen molar-refractivity contribution in [2.75, 3.05) is 20.4 Å². The SMILES string of the molecule is CCN1C(=O)C(I)C[C-]=C1c1ccc(OCOC)cc1F.[Y]. The van der Waals surface area contributed by atoms with Gasteiger partial charge in [-0.25, -0.2) is 10.5 Å². The van der Waals surface area contributed by atoms with E-state index in [9.17, 15) is 9.18 Å². The van der Waals surface area contributed by atoms with Gasteiger partial charge in [-0.3, -0.25) is 4.79 Å². The van der Waals surface area contributed by atoms with Gasteiger partial charge in [0.2, 0.25) is 5.91 Å². The van der Waals surface area contributed by atoms with Crippen LogP contribution in [0.2, 0.25) is 0 Å². The zero-order chi connectivity index (χ0) is 15.4. The first kappa shape index (κ1) is 20.0. The summed E-state index contributed by atoms with van der Waals surface area (Å²) in [4.78, 5) is 13.7. The molecule has 1 aliphatic heterocycles. The van der Waals surface area contributed by atoms with E-state index in [1.807, 2.05) is 6.92 Å². The third-order valence-corrected chi connectivity index (χ3v) is 4.08. The van der Waals surface area contributed by atoms with Crippen LogP contribution < -0.4 is 4.74 Å². The quantitative estimate of drug-likeness (QED) is 0.274. The Morgan fingerprint density at radius 1 is 1.50 bits per heavy atom. The van der Waals surface area contributed by atoms with Crippen LogP contribution in [0.1, 0.15) is 18.9 Å². The predicted molar refractivity (Wildman–Crippen MR) is 85.4 cm³/mol. The van der Waals surface area contributed by atoms with Crippen LogP contribution in [0.4, 0.5) is 4.39 Å². The number of hydrogen-bond acceptors (Lipinski definition) is 3. The first-order valence-corrected chi connectivity index (χ1v) is 7.81. The van der Waals surface area contributed by atoms with Crippen LogP contribution in [0.25, 0.3) is 5.70 Å². The fourth-order valence-corrected chi connectivity index (χ4v) is 2.66. The van der Waals surface area contributed by atoms with E-state index in [1.54, 1.807) is 17.0 Å². The van der Waals surface area contributed by atoms with Gasteiger partial charge in [0.05, 0.1) is 9.74 Å². The molecule has 117 valence electrons. The topological polar surface area (TPSA) is 38.8 Å². The molecule has 1 atom stereocenters. The Morgan fingerprint density at radius 2 is 2.23 bits per heavy atom. The summed E-state index contributed by atoms with van der Waals surface area (Å²) >= 11 is 2.09. The molecular formula is C15H16FINO3Y-. The Kier molecular flexibility index (Phi) is 8.45. The van der Waals surface area contributed by atoms with Crippen LogP contribution in [0.5, 0.6) is 5.75 Å². The fraction of sp³-hybridized carbons (Fsp3) is 0.400. The molecule has 1 radical (unpaired) electrons. The van der Waals surface area contributed by atoms with E-state index in [4.69, 9.17) is 9.47 Å². The number of allylic oxidation sites excluding steroid dienone is 1. The van der Waals surface area contributed by atoms with Crippen molar-refractivity contribution in [1.82, 2.24) is 4.90 Å². The number of carbonyl (C=O) groups excluding carboxylic acids is 1. The van der Waals surface area contributed by atoms with E-state index in [1.165, 1.54) is 13.2 Å². The Balaban J connectivity index is 0.00000242. The van der Waals surface area contributed by atoms with Crippen LogP contribution in [-0.4, -0.2) is 35.2 Å². The Hall–Kier alpha value is -0.0461. The predicted octanol–water partition coefficient (Wildman–Crippen LogP) is 3.01. The minimum atomic E-state index is -0.440. The monoisotopic (exact) mass is 493 g/mol. The fourth-order valence-electron chi connectivity index (χ4n) is 2.11. The minimum Gasteiger partial charge on any atom is -0.468 e. The van der Waals surface area contributed by atoms with Crippen LogP contribution in [-0.2, 0) is 42.2 Å². The molecule has 7 heteroatoms. The van der Waals surface area contributed by atoms with E-state index in [0.29, 0.717) is 30.0 Å². The maximum atomic E-state index is 14.3. The number of ether oxygens (including phenoxy) is 2. The molecule has 0 N–H and O–H groups in total. The van der Waals surface area contributed by atoms with Gasteiger partial charge < -0.3 is 14.4 Å².